The van der Waals surface area contributed by atoms with E-state index in [1.165, 1.54) is 66.1 Å². The van der Waals surface area contributed by atoms with Gasteiger partial charge in [0.05, 0.1) is 35.5 Å². The van der Waals surface area contributed by atoms with Gasteiger partial charge in [0, 0.05) is 24.0 Å². The fourth-order valence-corrected chi connectivity index (χ4v) is 5.18. The Kier molecular flexibility index (Phi) is 6.35. The molecule has 4 rings (SSSR count). The highest BCUT2D eigenvalue weighted by molar-refractivity contribution is 7.90. The van der Waals surface area contributed by atoms with Crippen molar-refractivity contribution in [2.45, 2.75) is 4.90 Å². The van der Waals surface area contributed by atoms with Gasteiger partial charge in [-0.25, -0.2) is 12.4 Å². The van der Waals surface area contributed by atoms with Gasteiger partial charge in [-0.3, -0.25) is 4.79 Å². The molecule has 0 amide bonds. The number of hydrogen-bond donors (Lipinski definition) is 0. The van der Waals surface area contributed by atoms with E-state index in [-0.39, 0.29) is 50.4 Å². The molecule has 0 aliphatic heterocycles. The lowest BCUT2D eigenvalue weighted by Gasteiger charge is -2.18. The van der Waals surface area contributed by atoms with Crippen molar-refractivity contribution in [3.8, 4) is 40.1 Å². The van der Waals surface area contributed by atoms with Gasteiger partial charge in [0.25, 0.3) is 10.0 Å². The maximum absolute atomic E-state index is 13.2. The summed E-state index contributed by atoms with van der Waals surface area (Å²) in [5, 5.41) is 0.0828. The number of hydrogen-bond acceptors (Lipinski definition) is 9. The monoisotopic (exact) mass is 501 g/mol. The lowest BCUT2D eigenvalue weighted by atomic mass is 10.1. The summed E-state index contributed by atoms with van der Waals surface area (Å²) in [6.45, 7) is 0. The van der Waals surface area contributed by atoms with Crippen LogP contribution in [0.2, 0.25) is 0 Å². The molecule has 0 radical (unpaired) electrons. The van der Waals surface area contributed by atoms with Gasteiger partial charge in [-0.05, 0) is 30.3 Å². The first kappa shape index (κ1) is 24.0. The molecule has 0 aliphatic carbocycles. The van der Waals surface area contributed by atoms with E-state index in [9.17, 15) is 13.2 Å². The maximum atomic E-state index is 13.2. The van der Waals surface area contributed by atoms with Crippen LogP contribution in [0.4, 0.5) is 0 Å². The molecule has 0 saturated carbocycles. The van der Waals surface area contributed by atoms with Crippen LogP contribution in [0.1, 0.15) is 0 Å². The summed E-state index contributed by atoms with van der Waals surface area (Å²) in [7, 11) is 3.00. The minimum atomic E-state index is -3.97. The van der Waals surface area contributed by atoms with Crippen LogP contribution in [-0.4, -0.2) is 47.9 Å². The Labute approximate surface area is 201 Å². The van der Waals surface area contributed by atoms with Crippen LogP contribution >= 0.6 is 0 Å². The summed E-state index contributed by atoms with van der Waals surface area (Å²) < 4.78 is 60.6. The molecule has 0 bridgehead atoms. The van der Waals surface area contributed by atoms with Crippen LogP contribution in [-0.2, 0) is 10.0 Å². The van der Waals surface area contributed by atoms with Crippen LogP contribution in [0.25, 0.3) is 22.3 Å². The van der Waals surface area contributed by atoms with Crippen molar-refractivity contribution in [3.63, 3.8) is 0 Å². The third kappa shape index (κ3) is 3.83. The van der Waals surface area contributed by atoms with Gasteiger partial charge in [0.2, 0.25) is 17.2 Å². The Bertz CT molecular complexity index is 1550. The summed E-state index contributed by atoms with van der Waals surface area (Å²) in [4.78, 5) is 13.1. The summed E-state index contributed by atoms with van der Waals surface area (Å²) in [5.41, 5.74) is -0.0792. The molecule has 0 fully saturated rings. The van der Waals surface area contributed by atoms with Gasteiger partial charge in [-0.15, -0.1) is 0 Å². The summed E-state index contributed by atoms with van der Waals surface area (Å²) in [6, 6.07) is 8.88. The Hall–Kier alpha value is -4.12. The highest BCUT2D eigenvalue weighted by Gasteiger charge is 2.28. The predicted molar refractivity (Wildman–Crippen MR) is 128 cm³/mol. The van der Waals surface area contributed by atoms with Crippen molar-refractivity contribution in [1.82, 2.24) is 3.97 Å². The first-order chi connectivity index (χ1) is 16.8. The standard InChI is InChI=1S/C24H23NO9S/c1-29-16-9-8-14(12-18(16)35(27,28)25-10-6-7-11-25)17-13-15(26)19-20(30-2)22(31-3)24(33-5)23(32-4)21(19)34-17/h6-13H,1-5H3. The molecule has 2 aromatic carbocycles. The van der Waals surface area contributed by atoms with Crippen molar-refractivity contribution in [1.29, 1.82) is 0 Å². The van der Waals surface area contributed by atoms with Crippen LogP contribution in [0.5, 0.6) is 28.7 Å². The minimum absolute atomic E-state index is 0.0511. The van der Waals surface area contributed by atoms with Crippen molar-refractivity contribution < 1.29 is 36.5 Å². The van der Waals surface area contributed by atoms with Gasteiger partial charge in [0.15, 0.2) is 16.8 Å². The number of benzene rings is 2. The van der Waals surface area contributed by atoms with Crippen LogP contribution in [0.3, 0.4) is 0 Å². The van der Waals surface area contributed by atoms with E-state index in [1.54, 1.807) is 18.2 Å². The van der Waals surface area contributed by atoms with Gasteiger partial charge in [0.1, 0.15) is 21.8 Å². The molecule has 35 heavy (non-hydrogen) atoms. The molecule has 10 nitrogen and oxygen atoms in total. The normalized spacial score (nSPS) is 11.3. The van der Waals surface area contributed by atoms with Crippen molar-refractivity contribution in [2.75, 3.05) is 35.5 Å². The van der Waals surface area contributed by atoms with Gasteiger partial charge >= 0.3 is 0 Å². The van der Waals surface area contributed by atoms with E-state index in [4.69, 9.17) is 28.1 Å². The Morgan fingerprint density at radius 3 is 1.94 bits per heavy atom. The fraction of sp³-hybridized carbons (Fsp3) is 0.208. The molecule has 11 heteroatoms. The molecule has 4 aromatic rings. The SMILES string of the molecule is COc1ccc(-c2cc(=O)c3c(OC)c(OC)c(OC)c(OC)c3o2)cc1S(=O)(=O)n1cccc1. The van der Waals surface area contributed by atoms with Crippen molar-refractivity contribution >= 4 is 21.0 Å². The molecule has 184 valence electrons. The largest absolute Gasteiger partial charge is 0.495 e. The summed E-state index contributed by atoms with van der Waals surface area (Å²) in [5.74, 6) is 0.811. The fourth-order valence-electron chi connectivity index (χ4n) is 3.81. The van der Waals surface area contributed by atoms with E-state index in [2.05, 4.69) is 0 Å². The van der Waals surface area contributed by atoms with E-state index in [0.29, 0.717) is 5.56 Å². The Balaban J connectivity index is 2.03. The highest BCUT2D eigenvalue weighted by Crippen LogP contribution is 2.50. The molecule has 0 spiro atoms. The van der Waals surface area contributed by atoms with Gasteiger partial charge in [-0.1, -0.05) is 0 Å². The molecule has 0 saturated heterocycles. The molecule has 0 N–H and O–H groups in total. The lowest BCUT2D eigenvalue weighted by molar-refractivity contribution is 0.307. The minimum Gasteiger partial charge on any atom is -0.495 e. The molecular formula is C24H23NO9S. The number of nitrogens with zero attached hydrogens (tertiary/aromatic N) is 1. The predicted octanol–water partition coefficient (Wildman–Crippen LogP) is 3.54. The number of fused-ring (bicyclic) bond motifs is 1. The Morgan fingerprint density at radius 2 is 1.37 bits per heavy atom. The second kappa shape index (κ2) is 9.26. The average Bonchev–Trinajstić information content (AvgIpc) is 3.42. The topological polar surface area (TPSA) is 115 Å². The molecular weight excluding hydrogens is 478 g/mol. The molecule has 2 aromatic heterocycles. The molecule has 2 heterocycles. The van der Waals surface area contributed by atoms with Crippen LogP contribution < -0.4 is 29.1 Å². The first-order valence-electron chi connectivity index (χ1n) is 10.2. The first-order valence-corrected chi connectivity index (χ1v) is 11.7. The van der Waals surface area contributed by atoms with Crippen LogP contribution in [0.15, 0.2) is 62.9 Å². The van der Waals surface area contributed by atoms with Crippen LogP contribution in [0, 0.1) is 0 Å². The van der Waals surface area contributed by atoms with E-state index >= 15 is 0 Å². The lowest BCUT2D eigenvalue weighted by Crippen LogP contribution is -2.12. The zero-order valence-corrected chi connectivity index (χ0v) is 20.5. The molecule has 0 unspecified atom stereocenters. The molecule has 0 aliphatic rings. The second-order valence-corrected chi connectivity index (χ2v) is 9.01. The molecule has 0 atom stereocenters. The number of methoxy groups -OCH3 is 5. The van der Waals surface area contributed by atoms with E-state index in [1.807, 2.05) is 0 Å². The quantitative estimate of drug-likeness (QED) is 0.357. The van der Waals surface area contributed by atoms with E-state index < -0.39 is 15.5 Å². The third-order valence-electron chi connectivity index (χ3n) is 5.40. The number of ether oxygens (including phenoxy) is 5. The zero-order valence-electron chi connectivity index (χ0n) is 19.6. The Morgan fingerprint density at radius 1 is 0.771 bits per heavy atom. The number of rotatable bonds is 8. The van der Waals surface area contributed by atoms with Crippen molar-refractivity contribution in [3.05, 3.63) is 59.0 Å². The average molecular weight is 502 g/mol. The third-order valence-corrected chi connectivity index (χ3v) is 7.07. The second-order valence-electron chi connectivity index (χ2n) is 7.20. The smallest absolute Gasteiger partial charge is 0.271 e. The summed E-state index contributed by atoms with van der Waals surface area (Å²) in [6.07, 6.45) is 2.82. The summed E-state index contributed by atoms with van der Waals surface area (Å²) >= 11 is 0. The highest BCUT2D eigenvalue weighted by atomic mass is 32.2. The number of aromatic nitrogens is 1. The van der Waals surface area contributed by atoms with Gasteiger partial charge in [-0.2, -0.15) is 0 Å². The maximum Gasteiger partial charge on any atom is 0.271 e. The zero-order chi connectivity index (χ0) is 25.3. The van der Waals surface area contributed by atoms with E-state index in [0.717, 1.165) is 3.97 Å². The van der Waals surface area contributed by atoms with Gasteiger partial charge < -0.3 is 28.1 Å². The van der Waals surface area contributed by atoms with Crippen molar-refractivity contribution in [2.24, 2.45) is 0 Å².